The lowest BCUT2D eigenvalue weighted by Gasteiger charge is -2.09. The van der Waals surface area contributed by atoms with Gasteiger partial charge in [-0.3, -0.25) is 4.72 Å². The topological polar surface area (TPSA) is 46.2 Å². The first kappa shape index (κ1) is 15.0. The van der Waals surface area contributed by atoms with Gasteiger partial charge in [0.05, 0.1) is 10.6 Å². The third-order valence-electron chi connectivity index (χ3n) is 2.32. The van der Waals surface area contributed by atoms with Crippen LogP contribution in [0.1, 0.15) is 0 Å². The second-order valence-electron chi connectivity index (χ2n) is 3.84. The molecule has 0 saturated carbocycles. The number of nitrogens with one attached hydrogen (secondary N) is 1. The highest BCUT2D eigenvalue weighted by Crippen LogP contribution is 2.24. The molecule has 2 rings (SSSR count). The summed E-state index contributed by atoms with van der Waals surface area (Å²) in [7, 11) is -4.00. The molecule has 2 aromatic carbocycles. The number of benzene rings is 2. The summed E-state index contributed by atoms with van der Waals surface area (Å²) < 4.78 is 52.0. The van der Waals surface area contributed by atoms with Crippen LogP contribution in [0.25, 0.3) is 0 Å². The van der Waals surface area contributed by atoms with Gasteiger partial charge in [-0.05, 0) is 30.3 Å². The van der Waals surface area contributed by atoms with Gasteiger partial charge in [0, 0.05) is 16.1 Å². The Bertz CT molecular complexity index is 746. The van der Waals surface area contributed by atoms with Crippen LogP contribution in [-0.2, 0) is 10.0 Å². The lowest BCUT2D eigenvalue weighted by Crippen LogP contribution is -2.13. The zero-order valence-corrected chi connectivity index (χ0v) is 12.0. The molecule has 0 saturated heterocycles. The van der Waals surface area contributed by atoms with Crippen LogP contribution < -0.4 is 4.72 Å². The van der Waals surface area contributed by atoms with Gasteiger partial charge >= 0.3 is 0 Å². The average Bonchev–Trinajstić information content (AvgIpc) is 2.32. The maximum Gasteiger partial charge on any atom is 0.261 e. The molecular formula is C12H7Cl2F2NO2S. The zero-order valence-electron chi connectivity index (χ0n) is 9.70. The Balaban J connectivity index is 2.37. The van der Waals surface area contributed by atoms with Crippen molar-refractivity contribution in [3.8, 4) is 0 Å². The summed E-state index contributed by atoms with van der Waals surface area (Å²) in [4.78, 5) is -0.181. The second kappa shape index (κ2) is 5.55. The van der Waals surface area contributed by atoms with E-state index in [0.717, 1.165) is 18.2 Å². The summed E-state index contributed by atoms with van der Waals surface area (Å²) in [5.41, 5.74) is -0.111. The Morgan fingerprint density at radius 3 is 2.05 bits per heavy atom. The van der Waals surface area contributed by atoms with E-state index in [1.165, 1.54) is 18.2 Å². The maximum absolute atomic E-state index is 13.0. The van der Waals surface area contributed by atoms with Crippen LogP contribution in [0.5, 0.6) is 0 Å². The van der Waals surface area contributed by atoms with E-state index >= 15 is 0 Å². The number of hydrogen-bond donors (Lipinski definition) is 1. The molecule has 0 radical (unpaired) electrons. The SMILES string of the molecule is O=S(=O)(Nc1ccc(F)c(F)c1)c1cc(Cl)cc(Cl)c1. The molecule has 0 aliphatic rings. The van der Waals surface area contributed by atoms with Crippen molar-refractivity contribution in [2.75, 3.05) is 4.72 Å². The number of rotatable bonds is 3. The van der Waals surface area contributed by atoms with Gasteiger partial charge in [0.15, 0.2) is 11.6 Å². The van der Waals surface area contributed by atoms with Crippen molar-refractivity contribution in [3.05, 3.63) is 58.1 Å². The lowest BCUT2D eigenvalue weighted by atomic mass is 10.3. The summed E-state index contributed by atoms with van der Waals surface area (Å²) >= 11 is 11.4. The highest BCUT2D eigenvalue weighted by molar-refractivity contribution is 7.92. The molecule has 106 valence electrons. The van der Waals surface area contributed by atoms with E-state index in [9.17, 15) is 17.2 Å². The van der Waals surface area contributed by atoms with Crippen LogP contribution in [0.2, 0.25) is 10.0 Å². The Labute approximate surface area is 124 Å². The first-order valence-corrected chi connectivity index (χ1v) is 7.46. The van der Waals surface area contributed by atoms with Gasteiger partial charge in [-0.1, -0.05) is 23.2 Å². The minimum Gasteiger partial charge on any atom is -0.280 e. The molecule has 3 nitrogen and oxygen atoms in total. The fourth-order valence-corrected chi connectivity index (χ4v) is 3.23. The summed E-state index contributed by atoms with van der Waals surface area (Å²) in [5, 5.41) is 0.284. The summed E-state index contributed by atoms with van der Waals surface area (Å²) in [6, 6.07) is 6.41. The van der Waals surface area contributed by atoms with Crippen LogP contribution in [0.15, 0.2) is 41.3 Å². The molecule has 0 aliphatic heterocycles. The number of hydrogen-bond acceptors (Lipinski definition) is 2. The Morgan fingerprint density at radius 1 is 0.900 bits per heavy atom. The van der Waals surface area contributed by atoms with E-state index < -0.39 is 21.7 Å². The van der Waals surface area contributed by atoms with Gasteiger partial charge in [0.1, 0.15) is 0 Å². The molecule has 2 aromatic rings. The zero-order chi connectivity index (χ0) is 14.9. The third kappa shape index (κ3) is 3.39. The van der Waals surface area contributed by atoms with Gasteiger partial charge in [-0.15, -0.1) is 0 Å². The van der Waals surface area contributed by atoms with Gasteiger partial charge < -0.3 is 0 Å². The van der Waals surface area contributed by atoms with E-state index in [1.807, 2.05) is 0 Å². The van der Waals surface area contributed by atoms with Crippen LogP contribution in [0, 0.1) is 11.6 Å². The standard InChI is InChI=1S/C12H7Cl2F2NO2S/c13-7-3-8(14)5-10(4-7)20(18,19)17-9-1-2-11(15)12(16)6-9/h1-6,17H. The number of anilines is 1. The Hall–Kier alpha value is -1.37. The first-order chi connectivity index (χ1) is 9.28. The minimum absolute atomic E-state index is 0.111. The molecule has 0 unspecified atom stereocenters. The summed E-state index contributed by atoms with van der Waals surface area (Å²) in [5.74, 6) is -2.23. The van der Waals surface area contributed by atoms with Gasteiger partial charge in [-0.2, -0.15) is 0 Å². The predicted octanol–water partition coefficient (Wildman–Crippen LogP) is 4.07. The normalized spacial score (nSPS) is 11.4. The fourth-order valence-electron chi connectivity index (χ4n) is 1.46. The summed E-state index contributed by atoms with van der Waals surface area (Å²) in [6.45, 7) is 0. The fraction of sp³-hybridized carbons (Fsp3) is 0. The van der Waals surface area contributed by atoms with Gasteiger partial charge in [0.25, 0.3) is 10.0 Å². The van der Waals surface area contributed by atoms with Crippen LogP contribution >= 0.6 is 23.2 Å². The maximum atomic E-state index is 13.0. The van der Waals surface area contributed by atoms with Crippen LogP contribution in [-0.4, -0.2) is 8.42 Å². The molecule has 0 bridgehead atoms. The molecule has 8 heteroatoms. The van der Waals surface area contributed by atoms with E-state index in [4.69, 9.17) is 23.2 Å². The minimum atomic E-state index is -4.00. The predicted molar refractivity (Wildman–Crippen MR) is 73.6 cm³/mol. The van der Waals surface area contributed by atoms with Crippen molar-refractivity contribution >= 4 is 38.9 Å². The van der Waals surface area contributed by atoms with Crippen molar-refractivity contribution in [1.82, 2.24) is 0 Å². The smallest absolute Gasteiger partial charge is 0.261 e. The Kier molecular flexibility index (Phi) is 4.17. The molecule has 0 aliphatic carbocycles. The highest BCUT2D eigenvalue weighted by Gasteiger charge is 2.16. The first-order valence-electron chi connectivity index (χ1n) is 5.22. The monoisotopic (exact) mass is 337 g/mol. The van der Waals surface area contributed by atoms with Crippen molar-refractivity contribution < 1.29 is 17.2 Å². The largest absolute Gasteiger partial charge is 0.280 e. The van der Waals surface area contributed by atoms with Crippen molar-refractivity contribution in [3.63, 3.8) is 0 Å². The highest BCUT2D eigenvalue weighted by atomic mass is 35.5. The molecular weight excluding hydrogens is 331 g/mol. The molecule has 0 amide bonds. The molecule has 0 heterocycles. The molecule has 0 aromatic heterocycles. The van der Waals surface area contributed by atoms with E-state index in [2.05, 4.69) is 4.72 Å². The molecule has 0 atom stereocenters. The van der Waals surface area contributed by atoms with E-state index in [-0.39, 0.29) is 20.6 Å². The molecule has 20 heavy (non-hydrogen) atoms. The second-order valence-corrected chi connectivity index (χ2v) is 6.39. The molecule has 0 fully saturated rings. The Morgan fingerprint density at radius 2 is 1.50 bits per heavy atom. The molecule has 1 N–H and O–H groups in total. The van der Waals surface area contributed by atoms with Gasteiger partial charge in [-0.25, -0.2) is 17.2 Å². The quantitative estimate of drug-likeness (QED) is 0.917. The number of halogens is 4. The number of sulfonamides is 1. The van der Waals surface area contributed by atoms with Crippen LogP contribution in [0.3, 0.4) is 0 Å². The van der Waals surface area contributed by atoms with Crippen molar-refractivity contribution in [1.29, 1.82) is 0 Å². The van der Waals surface area contributed by atoms with E-state index in [0.29, 0.717) is 0 Å². The van der Waals surface area contributed by atoms with Crippen molar-refractivity contribution in [2.45, 2.75) is 4.90 Å². The molecule has 0 spiro atoms. The van der Waals surface area contributed by atoms with Gasteiger partial charge in [0.2, 0.25) is 0 Å². The average molecular weight is 338 g/mol. The van der Waals surface area contributed by atoms with Crippen molar-refractivity contribution in [2.24, 2.45) is 0 Å². The van der Waals surface area contributed by atoms with Crippen LogP contribution in [0.4, 0.5) is 14.5 Å². The summed E-state index contributed by atoms with van der Waals surface area (Å²) in [6.07, 6.45) is 0. The van der Waals surface area contributed by atoms with E-state index in [1.54, 1.807) is 0 Å². The lowest BCUT2D eigenvalue weighted by molar-refractivity contribution is 0.509. The third-order valence-corrected chi connectivity index (χ3v) is 4.12.